The van der Waals surface area contributed by atoms with Gasteiger partial charge in [-0.3, -0.25) is 4.79 Å². The van der Waals surface area contributed by atoms with E-state index in [2.05, 4.69) is 15.9 Å². The van der Waals surface area contributed by atoms with Crippen LogP contribution in [-0.4, -0.2) is 12.6 Å². The Kier molecular flexibility index (Phi) is 3.79. The summed E-state index contributed by atoms with van der Waals surface area (Å²) in [7, 11) is 0. The molecule has 0 fully saturated rings. The molecule has 0 spiro atoms. The van der Waals surface area contributed by atoms with E-state index in [9.17, 15) is 4.79 Å². The van der Waals surface area contributed by atoms with Gasteiger partial charge in [-0.15, -0.1) is 0 Å². The van der Waals surface area contributed by atoms with Crippen LogP contribution in [0, 0.1) is 0 Å². The predicted molar refractivity (Wildman–Crippen MR) is 72.0 cm³/mol. The minimum absolute atomic E-state index is 0.181. The molecule has 0 atom stereocenters. The van der Waals surface area contributed by atoms with Crippen molar-refractivity contribution in [3.8, 4) is 0 Å². The van der Waals surface area contributed by atoms with E-state index in [4.69, 9.17) is 4.74 Å². The van der Waals surface area contributed by atoms with Crippen LogP contribution in [0.25, 0.3) is 10.8 Å². The first kappa shape index (κ1) is 12.1. The molecule has 0 bridgehead atoms. The van der Waals surface area contributed by atoms with Gasteiger partial charge in [0.25, 0.3) is 0 Å². The van der Waals surface area contributed by atoms with Gasteiger partial charge >= 0.3 is 5.97 Å². The van der Waals surface area contributed by atoms with Crippen LogP contribution in [0.4, 0.5) is 0 Å². The van der Waals surface area contributed by atoms with Crippen LogP contribution in [0.3, 0.4) is 0 Å². The number of carbonyl (C=O) groups is 1. The molecule has 2 nitrogen and oxygen atoms in total. The van der Waals surface area contributed by atoms with E-state index in [1.54, 1.807) is 0 Å². The van der Waals surface area contributed by atoms with Crippen LogP contribution in [0.1, 0.15) is 12.5 Å². The average Bonchev–Trinajstić information content (AvgIpc) is 2.30. The van der Waals surface area contributed by atoms with Crippen molar-refractivity contribution in [2.75, 3.05) is 6.61 Å². The Morgan fingerprint density at radius 3 is 2.88 bits per heavy atom. The summed E-state index contributed by atoms with van der Waals surface area (Å²) in [6, 6.07) is 12.0. The lowest BCUT2D eigenvalue weighted by Gasteiger charge is -2.06. The molecule has 17 heavy (non-hydrogen) atoms. The summed E-state index contributed by atoms with van der Waals surface area (Å²) >= 11 is 3.45. The maximum absolute atomic E-state index is 11.5. The standard InChI is InChI=1S/C14H13BrO2/c1-2-17-14(16)8-11-5-3-4-10-6-7-12(15)9-13(10)11/h3-7,9H,2,8H2,1H3. The van der Waals surface area contributed by atoms with Crippen LogP contribution >= 0.6 is 15.9 Å². The van der Waals surface area contributed by atoms with Crippen LogP contribution in [0.2, 0.25) is 0 Å². The molecule has 0 N–H and O–H groups in total. The normalized spacial score (nSPS) is 10.5. The Bertz CT molecular complexity index is 549. The van der Waals surface area contributed by atoms with E-state index in [-0.39, 0.29) is 5.97 Å². The number of ether oxygens (including phenoxy) is 1. The summed E-state index contributed by atoms with van der Waals surface area (Å²) in [6.45, 7) is 2.24. The average molecular weight is 293 g/mol. The third-order valence-electron chi connectivity index (χ3n) is 2.57. The topological polar surface area (TPSA) is 26.3 Å². The van der Waals surface area contributed by atoms with Crippen molar-refractivity contribution < 1.29 is 9.53 Å². The molecule has 0 amide bonds. The monoisotopic (exact) mass is 292 g/mol. The second-order valence-corrected chi connectivity index (χ2v) is 4.68. The van der Waals surface area contributed by atoms with Gasteiger partial charge < -0.3 is 4.74 Å². The van der Waals surface area contributed by atoms with Crippen LogP contribution in [0.15, 0.2) is 40.9 Å². The molecule has 0 unspecified atom stereocenters. The SMILES string of the molecule is CCOC(=O)Cc1cccc2ccc(Br)cc12. The van der Waals surface area contributed by atoms with Gasteiger partial charge in [0.2, 0.25) is 0 Å². The number of halogens is 1. The Balaban J connectivity index is 2.39. The highest BCUT2D eigenvalue weighted by atomic mass is 79.9. The first-order valence-electron chi connectivity index (χ1n) is 5.53. The summed E-state index contributed by atoms with van der Waals surface area (Å²) in [6.07, 6.45) is 0.321. The van der Waals surface area contributed by atoms with Crippen molar-refractivity contribution in [2.45, 2.75) is 13.3 Å². The molecule has 0 aliphatic carbocycles. The smallest absolute Gasteiger partial charge is 0.310 e. The van der Waals surface area contributed by atoms with Gasteiger partial charge in [-0.25, -0.2) is 0 Å². The van der Waals surface area contributed by atoms with Gasteiger partial charge in [-0.2, -0.15) is 0 Å². The number of hydrogen-bond donors (Lipinski definition) is 0. The van der Waals surface area contributed by atoms with E-state index in [1.165, 1.54) is 0 Å². The number of fused-ring (bicyclic) bond motifs is 1. The van der Waals surface area contributed by atoms with E-state index < -0.39 is 0 Å². The second kappa shape index (κ2) is 5.32. The van der Waals surface area contributed by atoms with Crippen LogP contribution in [-0.2, 0) is 16.0 Å². The van der Waals surface area contributed by atoms with Crippen molar-refractivity contribution in [1.82, 2.24) is 0 Å². The quantitative estimate of drug-likeness (QED) is 0.806. The summed E-state index contributed by atoms with van der Waals surface area (Å²) in [5.74, 6) is -0.181. The zero-order valence-corrected chi connectivity index (χ0v) is 11.2. The Morgan fingerprint density at radius 2 is 2.12 bits per heavy atom. The molecule has 2 rings (SSSR count). The van der Waals surface area contributed by atoms with E-state index in [0.29, 0.717) is 13.0 Å². The van der Waals surface area contributed by atoms with Gasteiger partial charge in [-0.05, 0) is 35.4 Å². The van der Waals surface area contributed by atoms with Crippen LogP contribution in [0.5, 0.6) is 0 Å². The van der Waals surface area contributed by atoms with Crippen molar-refractivity contribution in [2.24, 2.45) is 0 Å². The molecule has 0 aliphatic rings. The van der Waals surface area contributed by atoms with Gasteiger partial charge in [0, 0.05) is 4.47 Å². The number of benzene rings is 2. The third kappa shape index (κ3) is 2.86. The third-order valence-corrected chi connectivity index (χ3v) is 3.07. The number of esters is 1. The fourth-order valence-electron chi connectivity index (χ4n) is 1.83. The minimum Gasteiger partial charge on any atom is -0.466 e. The lowest BCUT2D eigenvalue weighted by molar-refractivity contribution is -0.142. The Morgan fingerprint density at radius 1 is 1.29 bits per heavy atom. The Labute approximate surface area is 109 Å². The molecule has 2 aromatic carbocycles. The molecule has 88 valence electrons. The van der Waals surface area contributed by atoms with E-state index >= 15 is 0 Å². The second-order valence-electron chi connectivity index (χ2n) is 3.76. The highest BCUT2D eigenvalue weighted by Crippen LogP contribution is 2.23. The highest BCUT2D eigenvalue weighted by molar-refractivity contribution is 9.10. The Hall–Kier alpha value is -1.35. The fourth-order valence-corrected chi connectivity index (χ4v) is 2.19. The lowest BCUT2D eigenvalue weighted by Crippen LogP contribution is -2.07. The summed E-state index contributed by atoms with van der Waals surface area (Å²) < 4.78 is 5.99. The highest BCUT2D eigenvalue weighted by Gasteiger charge is 2.07. The van der Waals surface area contributed by atoms with Crippen molar-refractivity contribution in [3.63, 3.8) is 0 Å². The van der Waals surface area contributed by atoms with Crippen molar-refractivity contribution in [1.29, 1.82) is 0 Å². The number of carbonyl (C=O) groups excluding carboxylic acids is 1. The molecule has 2 aromatic rings. The number of rotatable bonds is 3. The van der Waals surface area contributed by atoms with Crippen LogP contribution < -0.4 is 0 Å². The maximum atomic E-state index is 11.5. The van der Waals surface area contributed by atoms with Gasteiger partial charge in [0.1, 0.15) is 0 Å². The largest absolute Gasteiger partial charge is 0.466 e. The predicted octanol–water partition coefficient (Wildman–Crippen LogP) is 3.71. The molecular formula is C14H13BrO2. The minimum atomic E-state index is -0.181. The molecule has 3 heteroatoms. The fraction of sp³-hybridized carbons (Fsp3) is 0.214. The maximum Gasteiger partial charge on any atom is 0.310 e. The summed E-state index contributed by atoms with van der Waals surface area (Å²) in [5, 5.41) is 2.23. The first-order valence-corrected chi connectivity index (χ1v) is 6.33. The zero-order chi connectivity index (χ0) is 12.3. The van der Waals surface area contributed by atoms with Gasteiger partial charge in [0.15, 0.2) is 0 Å². The molecule has 0 aromatic heterocycles. The van der Waals surface area contributed by atoms with E-state index in [1.807, 2.05) is 43.3 Å². The zero-order valence-electron chi connectivity index (χ0n) is 9.57. The lowest BCUT2D eigenvalue weighted by atomic mass is 10.0. The van der Waals surface area contributed by atoms with Crippen molar-refractivity contribution >= 4 is 32.7 Å². The molecule has 0 radical (unpaired) electrons. The first-order chi connectivity index (χ1) is 8.20. The molecule has 0 heterocycles. The summed E-state index contributed by atoms with van der Waals surface area (Å²) in [5.41, 5.74) is 1.00. The summed E-state index contributed by atoms with van der Waals surface area (Å²) in [4.78, 5) is 11.5. The van der Waals surface area contributed by atoms with Gasteiger partial charge in [0.05, 0.1) is 13.0 Å². The molecule has 0 saturated heterocycles. The molecular weight excluding hydrogens is 280 g/mol. The number of hydrogen-bond acceptors (Lipinski definition) is 2. The van der Waals surface area contributed by atoms with E-state index in [0.717, 1.165) is 20.8 Å². The molecule has 0 saturated carbocycles. The van der Waals surface area contributed by atoms with Crippen molar-refractivity contribution in [3.05, 3.63) is 46.4 Å². The molecule has 0 aliphatic heterocycles. The van der Waals surface area contributed by atoms with Gasteiger partial charge in [-0.1, -0.05) is 40.2 Å².